The number of carbonyl (C=O) groups excluding carboxylic acids is 3. The van der Waals surface area contributed by atoms with E-state index in [2.05, 4.69) is 10.1 Å². The largest absolute Gasteiger partial charge is 0.469 e. The van der Waals surface area contributed by atoms with Crippen LogP contribution in [0.3, 0.4) is 0 Å². The second kappa shape index (κ2) is 10.2. The number of carbonyl (C=O) groups is 3. The fourth-order valence-corrected chi connectivity index (χ4v) is 1.49. The highest BCUT2D eigenvalue weighted by atomic mass is 16.6. The molecule has 0 aromatic heterocycles. The van der Waals surface area contributed by atoms with Crippen LogP contribution >= 0.6 is 0 Å². The molecule has 0 saturated heterocycles. The van der Waals surface area contributed by atoms with Crippen molar-refractivity contribution < 1.29 is 28.6 Å². The molecule has 8 heteroatoms. The molecule has 0 bridgehead atoms. The van der Waals surface area contributed by atoms with Crippen LogP contribution in [-0.4, -0.2) is 44.3 Å². The van der Waals surface area contributed by atoms with Crippen molar-refractivity contribution in [3.8, 4) is 0 Å². The van der Waals surface area contributed by atoms with Crippen LogP contribution in [0.1, 0.15) is 12.0 Å². The quantitative estimate of drug-likeness (QED) is 0.523. The molecule has 0 aliphatic carbocycles. The minimum Gasteiger partial charge on any atom is -0.469 e. The molecule has 1 amide bonds. The smallest absolute Gasteiger partial charge is 0.407 e. The molecule has 1 atom stereocenters. The molecule has 0 heterocycles. The van der Waals surface area contributed by atoms with E-state index < -0.39 is 24.1 Å². The van der Waals surface area contributed by atoms with Crippen molar-refractivity contribution in [3.05, 3.63) is 35.9 Å². The first-order chi connectivity index (χ1) is 11.0. The fraction of sp³-hybridized carbons (Fsp3) is 0.400. The number of esters is 2. The van der Waals surface area contributed by atoms with Gasteiger partial charge in [0.2, 0.25) is 0 Å². The third kappa shape index (κ3) is 7.82. The number of nitrogens with one attached hydrogen (secondary N) is 1. The molecule has 8 nitrogen and oxygen atoms in total. The van der Waals surface area contributed by atoms with Gasteiger partial charge in [0.25, 0.3) is 0 Å². The summed E-state index contributed by atoms with van der Waals surface area (Å²) in [4.78, 5) is 33.8. The molecule has 126 valence electrons. The van der Waals surface area contributed by atoms with Gasteiger partial charge in [0.1, 0.15) is 19.3 Å². The molecule has 1 rings (SSSR count). The minimum atomic E-state index is -1.08. The summed E-state index contributed by atoms with van der Waals surface area (Å²) in [5.41, 5.74) is 6.40. The molecule has 0 radical (unpaired) electrons. The second-order valence-corrected chi connectivity index (χ2v) is 4.55. The lowest BCUT2D eigenvalue weighted by Gasteiger charge is -2.12. The average molecular weight is 324 g/mol. The van der Waals surface area contributed by atoms with Crippen LogP contribution < -0.4 is 11.1 Å². The number of methoxy groups -OCH3 is 1. The third-order valence-electron chi connectivity index (χ3n) is 2.75. The Morgan fingerprint density at radius 2 is 1.87 bits per heavy atom. The molecule has 0 fully saturated rings. The maximum atomic E-state index is 11.7. The van der Waals surface area contributed by atoms with Gasteiger partial charge in [0.15, 0.2) is 0 Å². The number of hydrogen-bond donors (Lipinski definition) is 2. The summed E-state index contributed by atoms with van der Waals surface area (Å²) in [5.74, 6) is -1.12. The van der Waals surface area contributed by atoms with Crippen LogP contribution in [0, 0.1) is 0 Å². The first-order valence-corrected chi connectivity index (χ1v) is 6.96. The number of ether oxygens (including phenoxy) is 3. The normalized spacial score (nSPS) is 11.2. The molecule has 1 unspecified atom stereocenters. The predicted octanol–water partition coefficient (Wildman–Crippen LogP) is 0.346. The van der Waals surface area contributed by atoms with Gasteiger partial charge in [-0.25, -0.2) is 4.79 Å². The summed E-state index contributed by atoms with van der Waals surface area (Å²) in [5, 5.41) is 2.33. The molecule has 1 aromatic rings. The zero-order valence-electron chi connectivity index (χ0n) is 12.8. The first-order valence-electron chi connectivity index (χ1n) is 6.96. The summed E-state index contributed by atoms with van der Waals surface area (Å²) in [6, 6.07) is 8.04. The highest BCUT2D eigenvalue weighted by molar-refractivity contribution is 5.76. The van der Waals surface area contributed by atoms with E-state index in [-0.39, 0.29) is 26.2 Å². The standard InChI is InChI=1S/C15H20N2O6/c1-21-13(18)7-8-17-15(20)23-10-12(16)14(19)22-9-11-5-3-2-4-6-11/h2-6,12H,7-10,16H2,1H3,(H,17,20). The van der Waals surface area contributed by atoms with Crippen LogP contribution in [0.4, 0.5) is 4.79 Å². The summed E-state index contributed by atoms with van der Waals surface area (Å²) < 4.78 is 14.2. The summed E-state index contributed by atoms with van der Waals surface area (Å²) in [6.07, 6.45) is -0.753. The number of amides is 1. The van der Waals surface area contributed by atoms with Crippen molar-refractivity contribution >= 4 is 18.0 Å². The number of alkyl carbamates (subject to hydrolysis) is 1. The van der Waals surface area contributed by atoms with Crippen LogP contribution in [0.25, 0.3) is 0 Å². The molecule has 23 heavy (non-hydrogen) atoms. The average Bonchev–Trinajstić information content (AvgIpc) is 2.58. The monoisotopic (exact) mass is 324 g/mol. The van der Waals surface area contributed by atoms with Crippen molar-refractivity contribution in [3.63, 3.8) is 0 Å². The van der Waals surface area contributed by atoms with Crippen LogP contribution in [0.15, 0.2) is 30.3 Å². The fourth-order valence-electron chi connectivity index (χ4n) is 1.49. The zero-order valence-corrected chi connectivity index (χ0v) is 12.8. The van der Waals surface area contributed by atoms with Gasteiger partial charge in [-0.15, -0.1) is 0 Å². The van der Waals surface area contributed by atoms with E-state index in [1.165, 1.54) is 7.11 Å². The number of benzene rings is 1. The van der Waals surface area contributed by atoms with Crippen LogP contribution in [0.5, 0.6) is 0 Å². The van der Waals surface area contributed by atoms with Crippen LogP contribution in [-0.2, 0) is 30.4 Å². The van der Waals surface area contributed by atoms with Gasteiger partial charge in [0, 0.05) is 6.54 Å². The topological polar surface area (TPSA) is 117 Å². The molecular weight excluding hydrogens is 304 g/mol. The van der Waals surface area contributed by atoms with Crippen molar-refractivity contribution in [1.82, 2.24) is 5.32 Å². The van der Waals surface area contributed by atoms with E-state index in [4.69, 9.17) is 15.2 Å². The Labute approximate surface area is 133 Å². The lowest BCUT2D eigenvalue weighted by Crippen LogP contribution is -2.39. The van der Waals surface area contributed by atoms with Gasteiger partial charge >= 0.3 is 18.0 Å². The van der Waals surface area contributed by atoms with Gasteiger partial charge in [-0.3, -0.25) is 9.59 Å². The summed E-state index contributed by atoms with van der Waals surface area (Å²) in [6.45, 7) is -0.157. The SMILES string of the molecule is COC(=O)CCNC(=O)OCC(N)C(=O)OCc1ccccc1. The lowest BCUT2D eigenvalue weighted by atomic mass is 10.2. The number of nitrogens with two attached hydrogens (primary N) is 1. The Bertz CT molecular complexity index is 520. The maximum Gasteiger partial charge on any atom is 0.407 e. The molecule has 0 saturated carbocycles. The van der Waals surface area contributed by atoms with Crippen molar-refractivity contribution in [1.29, 1.82) is 0 Å². The lowest BCUT2D eigenvalue weighted by molar-refractivity contribution is -0.147. The summed E-state index contributed by atoms with van der Waals surface area (Å²) >= 11 is 0. The molecule has 0 aliphatic heterocycles. The van der Waals surface area contributed by atoms with Crippen molar-refractivity contribution in [2.75, 3.05) is 20.3 Å². The van der Waals surface area contributed by atoms with Crippen molar-refractivity contribution in [2.24, 2.45) is 5.73 Å². The van der Waals surface area contributed by atoms with E-state index in [0.29, 0.717) is 0 Å². The molecule has 1 aromatic carbocycles. The Balaban J connectivity index is 2.19. The highest BCUT2D eigenvalue weighted by Crippen LogP contribution is 2.01. The highest BCUT2D eigenvalue weighted by Gasteiger charge is 2.17. The van der Waals surface area contributed by atoms with Gasteiger partial charge in [-0.1, -0.05) is 30.3 Å². The van der Waals surface area contributed by atoms with Gasteiger partial charge < -0.3 is 25.3 Å². The van der Waals surface area contributed by atoms with Crippen molar-refractivity contribution in [2.45, 2.75) is 19.1 Å². The number of hydrogen-bond acceptors (Lipinski definition) is 7. The van der Waals surface area contributed by atoms with Gasteiger partial charge in [0.05, 0.1) is 13.5 Å². The van der Waals surface area contributed by atoms with Gasteiger partial charge in [-0.2, -0.15) is 0 Å². The van der Waals surface area contributed by atoms with E-state index in [1.807, 2.05) is 30.3 Å². The maximum absolute atomic E-state index is 11.7. The van der Waals surface area contributed by atoms with E-state index >= 15 is 0 Å². The van der Waals surface area contributed by atoms with E-state index in [1.54, 1.807) is 0 Å². The molecular formula is C15H20N2O6. The van der Waals surface area contributed by atoms with E-state index in [9.17, 15) is 14.4 Å². The number of rotatable bonds is 8. The first kappa shape index (κ1) is 18.4. The molecule has 0 aliphatic rings. The Hall–Kier alpha value is -2.61. The summed E-state index contributed by atoms with van der Waals surface area (Å²) in [7, 11) is 1.25. The Morgan fingerprint density at radius 1 is 1.17 bits per heavy atom. The third-order valence-corrected chi connectivity index (χ3v) is 2.75. The Kier molecular flexibility index (Phi) is 8.16. The van der Waals surface area contributed by atoms with Crippen LogP contribution in [0.2, 0.25) is 0 Å². The van der Waals surface area contributed by atoms with Gasteiger partial charge in [-0.05, 0) is 5.56 Å². The second-order valence-electron chi connectivity index (χ2n) is 4.55. The predicted molar refractivity (Wildman–Crippen MR) is 80.2 cm³/mol. The van der Waals surface area contributed by atoms with E-state index in [0.717, 1.165) is 5.56 Å². The minimum absolute atomic E-state index is 0.0246. The molecule has 0 spiro atoms. The molecule has 3 N–H and O–H groups in total. The zero-order chi connectivity index (χ0) is 17.1. The Morgan fingerprint density at radius 3 is 2.52 bits per heavy atom.